The number of anilines is 1. The lowest BCUT2D eigenvalue weighted by Crippen LogP contribution is -2.40. The second-order valence-corrected chi connectivity index (χ2v) is 4.87. The average molecular weight is 299 g/mol. The second kappa shape index (κ2) is 8.43. The molecule has 1 amide bonds. The number of benzene rings is 1. The van der Waals surface area contributed by atoms with E-state index in [0.29, 0.717) is 17.3 Å². The summed E-state index contributed by atoms with van der Waals surface area (Å²) in [6.45, 7) is 2.42. The molecule has 0 atom stereocenters. The normalized spacial score (nSPS) is 10.1. The molecule has 0 bridgehead atoms. The van der Waals surface area contributed by atoms with Crippen molar-refractivity contribution in [2.75, 3.05) is 24.5 Å². The Morgan fingerprint density at radius 1 is 1.25 bits per heavy atom. The minimum atomic E-state index is -0.985. The summed E-state index contributed by atoms with van der Waals surface area (Å²) >= 11 is 5.80. The Balaban J connectivity index is 2.67. The van der Waals surface area contributed by atoms with Crippen molar-refractivity contribution in [1.82, 2.24) is 5.32 Å². The van der Waals surface area contributed by atoms with E-state index in [4.69, 9.17) is 16.7 Å². The molecule has 0 fully saturated rings. The van der Waals surface area contributed by atoms with Crippen LogP contribution in [0, 0.1) is 0 Å². The molecule has 0 aromatic heterocycles. The van der Waals surface area contributed by atoms with Crippen LogP contribution in [0.3, 0.4) is 0 Å². The van der Waals surface area contributed by atoms with Crippen molar-refractivity contribution >= 4 is 29.2 Å². The van der Waals surface area contributed by atoms with Crippen LogP contribution in [0.5, 0.6) is 0 Å². The van der Waals surface area contributed by atoms with Gasteiger partial charge in [0.15, 0.2) is 0 Å². The maximum atomic E-state index is 11.8. The standard InChI is InChI=1S/C14H19ClN2O3/c1-2-3-8-16-13(18)9-17(10-14(19)20)12-6-4-11(15)5-7-12/h4-7H,2-3,8-10H2,1H3,(H,16,18)(H,19,20). The quantitative estimate of drug-likeness (QED) is 0.722. The highest BCUT2D eigenvalue weighted by atomic mass is 35.5. The van der Waals surface area contributed by atoms with Crippen molar-refractivity contribution in [2.45, 2.75) is 19.8 Å². The van der Waals surface area contributed by atoms with Gasteiger partial charge >= 0.3 is 5.97 Å². The fraction of sp³-hybridized carbons (Fsp3) is 0.429. The summed E-state index contributed by atoms with van der Waals surface area (Å²) in [5.74, 6) is -1.17. The fourth-order valence-electron chi connectivity index (χ4n) is 1.69. The zero-order valence-electron chi connectivity index (χ0n) is 11.4. The Labute approximate surface area is 123 Å². The highest BCUT2D eigenvalue weighted by Crippen LogP contribution is 2.17. The van der Waals surface area contributed by atoms with Gasteiger partial charge in [0.05, 0.1) is 6.54 Å². The number of carbonyl (C=O) groups is 2. The number of carbonyl (C=O) groups excluding carboxylic acids is 1. The molecule has 2 N–H and O–H groups in total. The van der Waals surface area contributed by atoms with Crippen LogP contribution >= 0.6 is 11.6 Å². The van der Waals surface area contributed by atoms with Gasteiger partial charge in [-0.2, -0.15) is 0 Å². The smallest absolute Gasteiger partial charge is 0.323 e. The molecule has 1 aromatic rings. The van der Waals surface area contributed by atoms with Crippen LogP contribution in [0.1, 0.15) is 19.8 Å². The Morgan fingerprint density at radius 2 is 1.90 bits per heavy atom. The van der Waals surface area contributed by atoms with Crippen LogP contribution in [-0.4, -0.2) is 36.6 Å². The molecule has 20 heavy (non-hydrogen) atoms. The Bertz CT molecular complexity index is 448. The molecule has 110 valence electrons. The van der Waals surface area contributed by atoms with Gasteiger partial charge in [-0.1, -0.05) is 24.9 Å². The summed E-state index contributed by atoms with van der Waals surface area (Å²) in [5, 5.41) is 12.3. The van der Waals surface area contributed by atoms with Crippen LogP contribution < -0.4 is 10.2 Å². The van der Waals surface area contributed by atoms with Gasteiger partial charge in [-0.3, -0.25) is 9.59 Å². The average Bonchev–Trinajstić information content (AvgIpc) is 2.38. The molecule has 0 saturated carbocycles. The topological polar surface area (TPSA) is 69.6 Å². The van der Waals surface area contributed by atoms with Gasteiger partial charge in [-0.15, -0.1) is 0 Å². The molecule has 0 aliphatic carbocycles. The number of halogens is 1. The number of amides is 1. The lowest BCUT2D eigenvalue weighted by Gasteiger charge is -2.22. The molecule has 0 aliphatic rings. The zero-order chi connectivity index (χ0) is 15.0. The van der Waals surface area contributed by atoms with E-state index in [9.17, 15) is 9.59 Å². The summed E-state index contributed by atoms with van der Waals surface area (Å²) in [6, 6.07) is 6.73. The third kappa shape index (κ3) is 5.93. The monoisotopic (exact) mass is 298 g/mol. The lowest BCUT2D eigenvalue weighted by atomic mass is 10.2. The van der Waals surface area contributed by atoms with E-state index < -0.39 is 5.97 Å². The number of nitrogens with zero attached hydrogens (tertiary/aromatic N) is 1. The summed E-state index contributed by atoms with van der Waals surface area (Å²) < 4.78 is 0. The number of rotatable bonds is 8. The van der Waals surface area contributed by atoms with Crippen LogP contribution in [0.15, 0.2) is 24.3 Å². The van der Waals surface area contributed by atoms with Crippen LogP contribution in [-0.2, 0) is 9.59 Å². The van der Waals surface area contributed by atoms with E-state index in [2.05, 4.69) is 5.32 Å². The largest absolute Gasteiger partial charge is 0.480 e. The Morgan fingerprint density at radius 3 is 2.45 bits per heavy atom. The van der Waals surface area contributed by atoms with Gasteiger partial charge < -0.3 is 15.3 Å². The SMILES string of the molecule is CCCCNC(=O)CN(CC(=O)O)c1ccc(Cl)cc1. The molecule has 0 aliphatic heterocycles. The molecule has 0 saturated heterocycles. The number of hydrogen-bond acceptors (Lipinski definition) is 3. The number of carboxylic acids is 1. The number of hydrogen-bond donors (Lipinski definition) is 2. The number of nitrogens with one attached hydrogen (secondary N) is 1. The summed E-state index contributed by atoms with van der Waals surface area (Å²) in [4.78, 5) is 24.2. The Kier molecular flexibility index (Phi) is 6.87. The van der Waals surface area contributed by atoms with Crippen LogP contribution in [0.2, 0.25) is 5.02 Å². The minimum Gasteiger partial charge on any atom is -0.480 e. The van der Waals surface area contributed by atoms with Crippen molar-refractivity contribution in [1.29, 1.82) is 0 Å². The predicted octanol–water partition coefficient (Wildman–Crippen LogP) is 2.15. The van der Waals surface area contributed by atoms with E-state index in [1.54, 1.807) is 24.3 Å². The first-order valence-electron chi connectivity index (χ1n) is 6.52. The van der Waals surface area contributed by atoms with Crippen LogP contribution in [0.4, 0.5) is 5.69 Å². The third-order valence-corrected chi connectivity index (χ3v) is 2.96. The highest BCUT2D eigenvalue weighted by Gasteiger charge is 2.14. The molecule has 0 radical (unpaired) electrons. The molecular weight excluding hydrogens is 280 g/mol. The maximum absolute atomic E-state index is 11.8. The molecule has 0 heterocycles. The van der Waals surface area contributed by atoms with Gasteiger partial charge in [-0.25, -0.2) is 0 Å². The molecule has 5 nitrogen and oxygen atoms in total. The van der Waals surface area contributed by atoms with Crippen molar-refractivity contribution in [3.63, 3.8) is 0 Å². The van der Waals surface area contributed by atoms with E-state index in [1.165, 1.54) is 4.90 Å². The first-order valence-corrected chi connectivity index (χ1v) is 6.89. The van der Waals surface area contributed by atoms with Gasteiger partial charge in [0.1, 0.15) is 6.54 Å². The minimum absolute atomic E-state index is 0.0116. The molecule has 6 heteroatoms. The van der Waals surface area contributed by atoms with Crippen molar-refractivity contribution in [2.24, 2.45) is 0 Å². The van der Waals surface area contributed by atoms with E-state index in [1.807, 2.05) is 6.92 Å². The van der Waals surface area contributed by atoms with E-state index >= 15 is 0 Å². The van der Waals surface area contributed by atoms with Crippen molar-refractivity contribution in [3.8, 4) is 0 Å². The molecule has 0 unspecified atom stereocenters. The summed E-state index contributed by atoms with van der Waals surface area (Å²) in [6.07, 6.45) is 1.90. The zero-order valence-corrected chi connectivity index (χ0v) is 12.2. The van der Waals surface area contributed by atoms with Gasteiger partial charge in [0.2, 0.25) is 5.91 Å². The third-order valence-electron chi connectivity index (χ3n) is 2.70. The van der Waals surface area contributed by atoms with Crippen LogP contribution in [0.25, 0.3) is 0 Å². The molecule has 1 rings (SSSR count). The lowest BCUT2D eigenvalue weighted by molar-refractivity contribution is -0.135. The Hall–Kier alpha value is -1.75. The first-order chi connectivity index (χ1) is 9.52. The van der Waals surface area contributed by atoms with Gasteiger partial charge in [-0.05, 0) is 30.7 Å². The summed E-state index contributed by atoms with van der Waals surface area (Å²) in [7, 11) is 0. The molecular formula is C14H19ClN2O3. The summed E-state index contributed by atoms with van der Waals surface area (Å²) in [5.41, 5.74) is 0.655. The number of unbranched alkanes of at least 4 members (excludes halogenated alkanes) is 1. The molecule has 0 spiro atoms. The maximum Gasteiger partial charge on any atom is 0.323 e. The van der Waals surface area contributed by atoms with Gasteiger partial charge in [0.25, 0.3) is 0 Å². The number of carboxylic acid groups (broad SMARTS) is 1. The number of aliphatic carboxylic acids is 1. The highest BCUT2D eigenvalue weighted by molar-refractivity contribution is 6.30. The van der Waals surface area contributed by atoms with Crippen molar-refractivity contribution in [3.05, 3.63) is 29.3 Å². The second-order valence-electron chi connectivity index (χ2n) is 4.43. The fourth-order valence-corrected chi connectivity index (χ4v) is 1.81. The van der Waals surface area contributed by atoms with Gasteiger partial charge in [0, 0.05) is 17.3 Å². The molecule has 1 aromatic carbocycles. The predicted molar refractivity (Wildman–Crippen MR) is 79.2 cm³/mol. The van der Waals surface area contributed by atoms with E-state index in [0.717, 1.165) is 12.8 Å². The van der Waals surface area contributed by atoms with E-state index in [-0.39, 0.29) is 19.0 Å². The van der Waals surface area contributed by atoms with Crippen molar-refractivity contribution < 1.29 is 14.7 Å². The first kappa shape index (κ1) is 16.3.